The third-order valence-electron chi connectivity index (χ3n) is 3.17. The van der Waals surface area contributed by atoms with E-state index in [1.807, 2.05) is 18.0 Å². The van der Waals surface area contributed by atoms with E-state index in [-0.39, 0.29) is 0 Å². The fourth-order valence-corrected chi connectivity index (χ4v) is 2.25. The number of aryl methyl sites for hydroxylation is 1. The van der Waals surface area contributed by atoms with Crippen molar-refractivity contribution >= 4 is 23.0 Å². The second kappa shape index (κ2) is 5.77. The summed E-state index contributed by atoms with van der Waals surface area (Å²) in [6.07, 6.45) is 1.03. The van der Waals surface area contributed by atoms with Gasteiger partial charge in [0.25, 0.3) is 0 Å². The highest BCUT2D eigenvalue weighted by atomic mass is 35.5. The Morgan fingerprint density at radius 1 is 1.16 bits per heavy atom. The Balaban J connectivity index is 2.33. The summed E-state index contributed by atoms with van der Waals surface area (Å²) >= 11 is 6.22. The molecular weight excluding hydrogens is 256 g/mol. The van der Waals surface area contributed by atoms with Crippen LogP contribution in [0.5, 0.6) is 0 Å². The molecule has 0 saturated heterocycles. The van der Waals surface area contributed by atoms with E-state index in [1.165, 1.54) is 5.56 Å². The molecule has 0 N–H and O–H groups in total. The van der Waals surface area contributed by atoms with Crippen LogP contribution in [0.15, 0.2) is 42.5 Å². The zero-order valence-corrected chi connectivity index (χ0v) is 11.8. The Hall–Kier alpha value is -1.98. The van der Waals surface area contributed by atoms with Crippen molar-refractivity contribution < 1.29 is 0 Å². The molecule has 0 radical (unpaired) electrons. The predicted molar refractivity (Wildman–Crippen MR) is 80.1 cm³/mol. The smallest absolute Gasteiger partial charge is 0.0992 e. The molecule has 2 nitrogen and oxygen atoms in total. The van der Waals surface area contributed by atoms with E-state index in [4.69, 9.17) is 16.9 Å². The van der Waals surface area contributed by atoms with E-state index in [9.17, 15) is 0 Å². The Morgan fingerprint density at radius 3 is 2.37 bits per heavy atom. The molecule has 0 aromatic heterocycles. The molecule has 2 aromatic carbocycles. The number of halogens is 1. The van der Waals surface area contributed by atoms with Gasteiger partial charge in [-0.05, 0) is 42.3 Å². The van der Waals surface area contributed by atoms with Crippen molar-refractivity contribution in [3.8, 4) is 6.07 Å². The van der Waals surface area contributed by atoms with Crippen molar-refractivity contribution in [3.05, 3.63) is 58.6 Å². The summed E-state index contributed by atoms with van der Waals surface area (Å²) in [6, 6.07) is 15.8. The van der Waals surface area contributed by atoms with Crippen molar-refractivity contribution in [1.29, 1.82) is 5.26 Å². The second-order valence-electron chi connectivity index (χ2n) is 4.36. The molecule has 19 heavy (non-hydrogen) atoms. The summed E-state index contributed by atoms with van der Waals surface area (Å²) in [5.41, 5.74) is 3.85. The molecule has 0 spiro atoms. The molecule has 0 unspecified atom stereocenters. The number of hydrogen-bond donors (Lipinski definition) is 0. The van der Waals surface area contributed by atoms with Crippen LogP contribution in [0.2, 0.25) is 5.02 Å². The minimum atomic E-state index is 0.573. The number of hydrogen-bond acceptors (Lipinski definition) is 2. The zero-order valence-electron chi connectivity index (χ0n) is 11.0. The number of rotatable bonds is 3. The molecule has 0 bridgehead atoms. The summed E-state index contributed by atoms with van der Waals surface area (Å²) < 4.78 is 0. The topological polar surface area (TPSA) is 27.0 Å². The summed E-state index contributed by atoms with van der Waals surface area (Å²) in [7, 11) is 1.97. The number of benzene rings is 2. The number of anilines is 2. The van der Waals surface area contributed by atoms with Crippen LogP contribution in [-0.2, 0) is 6.42 Å². The van der Waals surface area contributed by atoms with E-state index in [0.29, 0.717) is 10.6 Å². The molecular formula is C16H15ClN2. The van der Waals surface area contributed by atoms with Crippen molar-refractivity contribution in [2.75, 3.05) is 11.9 Å². The van der Waals surface area contributed by atoms with E-state index >= 15 is 0 Å². The molecule has 3 heteroatoms. The molecule has 2 aromatic rings. The van der Waals surface area contributed by atoms with Crippen molar-refractivity contribution in [2.24, 2.45) is 0 Å². The van der Waals surface area contributed by atoms with Gasteiger partial charge in [0.1, 0.15) is 0 Å². The molecule has 0 aliphatic rings. The van der Waals surface area contributed by atoms with Crippen LogP contribution >= 0.6 is 11.6 Å². The van der Waals surface area contributed by atoms with Crippen LogP contribution < -0.4 is 4.90 Å². The maximum atomic E-state index is 8.84. The summed E-state index contributed by atoms with van der Waals surface area (Å²) in [5, 5.41) is 9.43. The minimum Gasteiger partial charge on any atom is -0.343 e. The van der Waals surface area contributed by atoms with Gasteiger partial charge in [-0.1, -0.05) is 30.7 Å². The maximum absolute atomic E-state index is 8.84. The molecule has 0 amide bonds. The average molecular weight is 271 g/mol. The average Bonchev–Trinajstić information content (AvgIpc) is 2.46. The lowest BCUT2D eigenvalue weighted by Crippen LogP contribution is -2.10. The Bertz CT molecular complexity index is 612. The van der Waals surface area contributed by atoms with E-state index in [2.05, 4.69) is 37.3 Å². The van der Waals surface area contributed by atoms with E-state index < -0.39 is 0 Å². The number of nitrogens with zero attached hydrogens (tertiary/aromatic N) is 2. The third kappa shape index (κ3) is 2.89. The summed E-state index contributed by atoms with van der Waals surface area (Å²) in [6.45, 7) is 2.14. The summed E-state index contributed by atoms with van der Waals surface area (Å²) in [5.74, 6) is 0. The molecule has 0 saturated carbocycles. The van der Waals surface area contributed by atoms with Gasteiger partial charge in [0.2, 0.25) is 0 Å². The fraction of sp³-hybridized carbons (Fsp3) is 0.188. The SMILES string of the molecule is CCc1ccc(N(C)c2ccc(C#N)cc2Cl)cc1. The van der Waals surface area contributed by atoms with Gasteiger partial charge in [0.05, 0.1) is 22.3 Å². The van der Waals surface area contributed by atoms with Gasteiger partial charge in [-0.2, -0.15) is 5.26 Å². The molecule has 96 valence electrons. The highest BCUT2D eigenvalue weighted by Gasteiger charge is 2.08. The second-order valence-corrected chi connectivity index (χ2v) is 4.76. The predicted octanol–water partition coefficient (Wildman–Crippen LogP) is 4.54. The first-order chi connectivity index (χ1) is 9.15. The standard InChI is InChI=1S/C16H15ClN2/c1-3-12-4-7-14(8-5-12)19(2)16-9-6-13(11-18)10-15(16)17/h4-10H,3H2,1-2H3. The molecule has 0 aliphatic carbocycles. The Morgan fingerprint density at radius 2 is 1.84 bits per heavy atom. The minimum absolute atomic E-state index is 0.573. The van der Waals surface area contributed by atoms with Crippen LogP contribution in [0.4, 0.5) is 11.4 Å². The molecule has 0 heterocycles. The Labute approximate surface area is 118 Å². The first-order valence-electron chi connectivity index (χ1n) is 6.18. The molecule has 0 atom stereocenters. The van der Waals surface area contributed by atoms with Gasteiger partial charge < -0.3 is 4.90 Å². The van der Waals surface area contributed by atoms with Gasteiger partial charge in [-0.3, -0.25) is 0 Å². The van der Waals surface area contributed by atoms with Crippen LogP contribution in [-0.4, -0.2) is 7.05 Å². The quantitative estimate of drug-likeness (QED) is 0.819. The van der Waals surface area contributed by atoms with Gasteiger partial charge >= 0.3 is 0 Å². The van der Waals surface area contributed by atoms with Crippen molar-refractivity contribution in [3.63, 3.8) is 0 Å². The lowest BCUT2D eigenvalue weighted by molar-refractivity contribution is 1.13. The van der Waals surface area contributed by atoms with Crippen LogP contribution in [0.1, 0.15) is 18.1 Å². The highest BCUT2D eigenvalue weighted by molar-refractivity contribution is 6.33. The van der Waals surface area contributed by atoms with Crippen LogP contribution in [0.25, 0.3) is 0 Å². The van der Waals surface area contributed by atoms with Gasteiger partial charge in [-0.15, -0.1) is 0 Å². The lowest BCUT2D eigenvalue weighted by Gasteiger charge is -2.21. The Kier molecular flexibility index (Phi) is 4.09. The first-order valence-corrected chi connectivity index (χ1v) is 6.56. The van der Waals surface area contributed by atoms with Crippen LogP contribution in [0.3, 0.4) is 0 Å². The normalized spacial score (nSPS) is 10.0. The highest BCUT2D eigenvalue weighted by Crippen LogP contribution is 2.31. The third-order valence-corrected chi connectivity index (χ3v) is 3.47. The van der Waals surface area contributed by atoms with Gasteiger partial charge in [0, 0.05) is 12.7 Å². The molecule has 2 rings (SSSR count). The van der Waals surface area contributed by atoms with Crippen molar-refractivity contribution in [1.82, 2.24) is 0 Å². The van der Waals surface area contributed by atoms with Gasteiger partial charge in [0.15, 0.2) is 0 Å². The van der Waals surface area contributed by atoms with Crippen molar-refractivity contribution in [2.45, 2.75) is 13.3 Å². The first kappa shape index (κ1) is 13.5. The fourth-order valence-electron chi connectivity index (χ4n) is 1.94. The zero-order chi connectivity index (χ0) is 13.8. The van der Waals surface area contributed by atoms with E-state index in [0.717, 1.165) is 17.8 Å². The lowest BCUT2D eigenvalue weighted by atomic mass is 10.1. The monoisotopic (exact) mass is 270 g/mol. The van der Waals surface area contributed by atoms with Crippen LogP contribution in [0, 0.1) is 11.3 Å². The maximum Gasteiger partial charge on any atom is 0.0992 e. The molecule has 0 fully saturated rings. The summed E-state index contributed by atoms with van der Waals surface area (Å²) in [4.78, 5) is 2.02. The van der Waals surface area contributed by atoms with Gasteiger partial charge in [-0.25, -0.2) is 0 Å². The van der Waals surface area contributed by atoms with E-state index in [1.54, 1.807) is 12.1 Å². The number of nitriles is 1. The largest absolute Gasteiger partial charge is 0.343 e. The molecule has 0 aliphatic heterocycles.